The summed E-state index contributed by atoms with van der Waals surface area (Å²) in [5, 5.41) is 8.10. The molecule has 198 valence electrons. The number of rotatable bonds is 9. The Morgan fingerprint density at radius 1 is 0.769 bits per heavy atom. The number of nitrogens with one attached hydrogen (secondary N) is 3. The fourth-order valence-electron chi connectivity index (χ4n) is 3.46. The van der Waals surface area contributed by atoms with Crippen molar-refractivity contribution in [2.24, 2.45) is 0 Å². The van der Waals surface area contributed by atoms with Crippen LogP contribution in [-0.4, -0.2) is 30.1 Å². The zero-order valence-corrected chi connectivity index (χ0v) is 22.0. The van der Waals surface area contributed by atoms with Crippen LogP contribution in [0.5, 0.6) is 11.5 Å². The van der Waals surface area contributed by atoms with Gasteiger partial charge in [-0.05, 0) is 72.9 Å². The molecular formula is C29H23ClFN3O4S. The Balaban J connectivity index is 1.32. The second-order valence-electron chi connectivity index (χ2n) is 8.08. The van der Waals surface area contributed by atoms with Crippen LogP contribution in [0.4, 0.5) is 15.8 Å². The quantitative estimate of drug-likeness (QED) is 0.163. The fourth-order valence-corrected chi connectivity index (χ4v) is 3.85. The monoisotopic (exact) mass is 563 g/mol. The molecule has 0 aromatic heterocycles. The maximum absolute atomic E-state index is 13.4. The van der Waals surface area contributed by atoms with E-state index in [1.807, 2.05) is 30.3 Å². The molecule has 0 spiro atoms. The Hall–Kier alpha value is -4.47. The minimum Gasteiger partial charge on any atom is -0.490 e. The van der Waals surface area contributed by atoms with Gasteiger partial charge in [0.05, 0.1) is 10.6 Å². The van der Waals surface area contributed by atoms with E-state index in [-0.39, 0.29) is 16.7 Å². The van der Waals surface area contributed by atoms with Crippen LogP contribution in [0.2, 0.25) is 5.02 Å². The molecule has 4 rings (SSSR count). The summed E-state index contributed by atoms with van der Waals surface area (Å²) in [5.74, 6) is -0.366. The van der Waals surface area contributed by atoms with Crippen molar-refractivity contribution >= 4 is 52.1 Å². The zero-order chi connectivity index (χ0) is 27.6. The van der Waals surface area contributed by atoms with E-state index in [4.69, 9.17) is 33.3 Å². The van der Waals surface area contributed by atoms with Crippen LogP contribution in [0.25, 0.3) is 0 Å². The summed E-state index contributed by atoms with van der Waals surface area (Å²) in [7, 11) is 0. The van der Waals surface area contributed by atoms with E-state index in [2.05, 4.69) is 16.0 Å². The predicted octanol–water partition coefficient (Wildman–Crippen LogP) is 6.32. The summed E-state index contributed by atoms with van der Waals surface area (Å²) in [6, 6.07) is 26.5. The second-order valence-corrected chi connectivity index (χ2v) is 8.89. The highest BCUT2D eigenvalue weighted by Crippen LogP contribution is 2.21. The first-order valence-corrected chi connectivity index (χ1v) is 12.6. The first-order chi connectivity index (χ1) is 18.9. The molecule has 7 nitrogen and oxygen atoms in total. The number of thiocarbonyl (C=S) groups is 1. The van der Waals surface area contributed by atoms with Crippen LogP contribution < -0.4 is 25.4 Å². The first kappa shape index (κ1) is 27.6. The molecular weight excluding hydrogens is 541 g/mol. The van der Waals surface area contributed by atoms with Crippen molar-refractivity contribution in [3.8, 4) is 11.5 Å². The van der Waals surface area contributed by atoms with Crippen LogP contribution in [0.3, 0.4) is 0 Å². The van der Waals surface area contributed by atoms with Gasteiger partial charge in [-0.1, -0.05) is 48.0 Å². The standard InChI is InChI=1S/C29H23ClFN3O4S/c30-24-18-21(13-14-25(24)31)32-27(35)19-7-6-8-20(17-19)33-29(39)34-28(36)23-11-4-5-12-26(23)38-16-15-37-22-9-2-1-3-10-22/h1-14,17-18H,15-16H2,(H,32,35)(H2,33,34,36,39). The van der Waals surface area contributed by atoms with E-state index in [1.54, 1.807) is 48.5 Å². The van der Waals surface area contributed by atoms with Gasteiger partial charge < -0.3 is 20.1 Å². The summed E-state index contributed by atoms with van der Waals surface area (Å²) in [6.45, 7) is 0.541. The van der Waals surface area contributed by atoms with Gasteiger partial charge in [-0.3, -0.25) is 14.9 Å². The third-order valence-corrected chi connectivity index (χ3v) is 5.77. The lowest BCUT2D eigenvalue weighted by molar-refractivity contribution is 0.0971. The Bertz CT molecular complexity index is 1490. The zero-order valence-electron chi connectivity index (χ0n) is 20.4. The van der Waals surface area contributed by atoms with Crippen LogP contribution >= 0.6 is 23.8 Å². The van der Waals surface area contributed by atoms with Gasteiger partial charge in [0.15, 0.2) is 5.11 Å². The van der Waals surface area contributed by atoms with Crippen LogP contribution in [0.1, 0.15) is 20.7 Å². The summed E-state index contributed by atoms with van der Waals surface area (Å²) in [6.07, 6.45) is 0. The summed E-state index contributed by atoms with van der Waals surface area (Å²) in [5.41, 5.74) is 1.44. The molecule has 0 radical (unpaired) electrons. The Morgan fingerprint density at radius 2 is 1.49 bits per heavy atom. The molecule has 10 heteroatoms. The minimum absolute atomic E-state index is 0.0325. The van der Waals surface area contributed by atoms with Crippen molar-refractivity contribution < 1.29 is 23.5 Å². The highest BCUT2D eigenvalue weighted by molar-refractivity contribution is 7.80. The Kier molecular flexibility index (Phi) is 9.44. The van der Waals surface area contributed by atoms with Crippen LogP contribution in [0, 0.1) is 5.82 Å². The number of ether oxygens (including phenoxy) is 2. The minimum atomic E-state index is -0.581. The van der Waals surface area contributed by atoms with Gasteiger partial charge >= 0.3 is 0 Å². The number of para-hydroxylation sites is 2. The lowest BCUT2D eigenvalue weighted by Gasteiger charge is -2.14. The van der Waals surface area contributed by atoms with Crippen molar-refractivity contribution in [2.75, 3.05) is 23.8 Å². The highest BCUT2D eigenvalue weighted by atomic mass is 35.5. The van der Waals surface area contributed by atoms with E-state index in [9.17, 15) is 14.0 Å². The van der Waals surface area contributed by atoms with E-state index in [1.165, 1.54) is 18.2 Å². The second kappa shape index (κ2) is 13.4. The number of carbonyl (C=O) groups is 2. The van der Waals surface area contributed by atoms with Crippen molar-refractivity contribution in [2.45, 2.75) is 0 Å². The first-order valence-electron chi connectivity index (χ1n) is 11.8. The summed E-state index contributed by atoms with van der Waals surface area (Å²) < 4.78 is 24.8. The number of anilines is 2. The van der Waals surface area contributed by atoms with Crippen molar-refractivity contribution in [1.29, 1.82) is 0 Å². The molecule has 0 bridgehead atoms. The van der Waals surface area contributed by atoms with Gasteiger partial charge in [0.1, 0.15) is 30.5 Å². The molecule has 0 heterocycles. The average Bonchev–Trinajstić information content (AvgIpc) is 2.94. The molecule has 39 heavy (non-hydrogen) atoms. The largest absolute Gasteiger partial charge is 0.490 e. The molecule has 2 amide bonds. The number of hydrogen-bond donors (Lipinski definition) is 3. The molecule has 3 N–H and O–H groups in total. The van der Waals surface area contributed by atoms with Gasteiger partial charge in [0.2, 0.25) is 0 Å². The molecule has 0 aliphatic rings. The van der Waals surface area contributed by atoms with Crippen molar-refractivity contribution in [3.05, 3.63) is 119 Å². The predicted molar refractivity (Wildman–Crippen MR) is 153 cm³/mol. The van der Waals surface area contributed by atoms with Crippen LogP contribution in [-0.2, 0) is 0 Å². The molecule has 0 fully saturated rings. The molecule has 0 aliphatic heterocycles. The fraction of sp³-hybridized carbons (Fsp3) is 0.0690. The average molecular weight is 564 g/mol. The summed E-state index contributed by atoms with van der Waals surface area (Å²) in [4.78, 5) is 25.5. The molecule has 0 aliphatic carbocycles. The van der Waals surface area contributed by atoms with Gasteiger partial charge in [0, 0.05) is 16.9 Å². The smallest absolute Gasteiger partial charge is 0.261 e. The molecule has 0 saturated carbocycles. The van der Waals surface area contributed by atoms with Crippen molar-refractivity contribution in [3.63, 3.8) is 0 Å². The highest BCUT2D eigenvalue weighted by Gasteiger charge is 2.15. The Morgan fingerprint density at radius 3 is 2.28 bits per heavy atom. The molecule has 0 unspecified atom stereocenters. The topological polar surface area (TPSA) is 88.7 Å². The molecule has 0 saturated heterocycles. The SMILES string of the molecule is O=C(Nc1ccc(F)c(Cl)c1)c1cccc(NC(=S)NC(=O)c2ccccc2OCCOc2ccccc2)c1. The van der Waals surface area contributed by atoms with E-state index >= 15 is 0 Å². The van der Waals surface area contributed by atoms with Crippen molar-refractivity contribution in [1.82, 2.24) is 5.32 Å². The number of hydrogen-bond acceptors (Lipinski definition) is 5. The van der Waals surface area contributed by atoms with Gasteiger partial charge in [0.25, 0.3) is 11.8 Å². The van der Waals surface area contributed by atoms with Gasteiger partial charge in [-0.2, -0.15) is 0 Å². The molecule has 4 aromatic carbocycles. The molecule has 4 aromatic rings. The number of halogens is 2. The maximum Gasteiger partial charge on any atom is 0.261 e. The summed E-state index contributed by atoms with van der Waals surface area (Å²) >= 11 is 11.1. The lowest BCUT2D eigenvalue weighted by atomic mass is 10.1. The maximum atomic E-state index is 13.4. The normalized spacial score (nSPS) is 10.3. The Labute approximate surface area is 234 Å². The van der Waals surface area contributed by atoms with Crippen LogP contribution in [0.15, 0.2) is 97.1 Å². The van der Waals surface area contributed by atoms with E-state index in [0.717, 1.165) is 5.75 Å². The number of amides is 2. The van der Waals surface area contributed by atoms with E-state index in [0.29, 0.717) is 34.9 Å². The van der Waals surface area contributed by atoms with Gasteiger partial charge in [-0.15, -0.1) is 0 Å². The third-order valence-electron chi connectivity index (χ3n) is 5.27. The lowest BCUT2D eigenvalue weighted by Crippen LogP contribution is -2.34. The third kappa shape index (κ3) is 8.00. The number of carbonyl (C=O) groups excluding carboxylic acids is 2. The van der Waals surface area contributed by atoms with Gasteiger partial charge in [-0.25, -0.2) is 4.39 Å². The number of benzene rings is 4. The molecule has 0 atom stereocenters. The van der Waals surface area contributed by atoms with E-state index < -0.39 is 17.6 Å².